The minimum Gasteiger partial charge on any atom is -0.440 e. The van der Waals surface area contributed by atoms with Crippen LogP contribution in [0.15, 0.2) is 111 Å². The number of rotatable bonds is 16. The molecule has 4 aromatic carbocycles. The number of halogens is 6. The summed E-state index contributed by atoms with van der Waals surface area (Å²) in [6.45, 7) is 1.16. The zero-order valence-electron chi connectivity index (χ0n) is 47.0. The topological polar surface area (TPSA) is 221 Å². The van der Waals surface area contributed by atoms with Crippen molar-refractivity contribution in [2.24, 2.45) is 16.8 Å². The number of sulfone groups is 2. The summed E-state index contributed by atoms with van der Waals surface area (Å²) in [4.78, 5) is 46.1. The molecule has 5 fully saturated rings. The van der Waals surface area contributed by atoms with Crippen molar-refractivity contribution in [1.29, 1.82) is 5.26 Å². The van der Waals surface area contributed by atoms with Crippen LogP contribution >= 0.6 is 0 Å². The van der Waals surface area contributed by atoms with Gasteiger partial charge in [0.15, 0.2) is 19.7 Å². The molecule has 6 aromatic rings. The minimum atomic E-state index is -4.80. The number of anilines is 2. The van der Waals surface area contributed by atoms with Crippen molar-refractivity contribution in [1.82, 2.24) is 20.6 Å². The van der Waals surface area contributed by atoms with E-state index < -0.39 is 103 Å². The summed E-state index contributed by atoms with van der Waals surface area (Å²) in [6.07, 6.45) is -0.378. The van der Waals surface area contributed by atoms with Gasteiger partial charge >= 0.3 is 12.1 Å². The highest BCUT2D eigenvalue weighted by Gasteiger charge is 2.48. The first kappa shape index (κ1) is 60.2. The van der Waals surface area contributed by atoms with E-state index in [-0.39, 0.29) is 78.0 Å². The highest BCUT2D eigenvalue weighted by molar-refractivity contribution is 7.91. The Morgan fingerprint density at radius 2 is 1.24 bits per heavy atom. The molecule has 2 N–H and O–H groups in total. The Hall–Kier alpha value is -7.52. The summed E-state index contributed by atoms with van der Waals surface area (Å²) < 4.78 is 152. The molecule has 24 heteroatoms. The third kappa shape index (κ3) is 13.2. The van der Waals surface area contributed by atoms with Crippen molar-refractivity contribution in [3.8, 4) is 40.0 Å². The fraction of sp³-hybridized carbons (Fsp3) is 0.452. The van der Waals surface area contributed by atoms with Gasteiger partial charge in [0.25, 0.3) is 5.89 Å². The first-order valence-corrected chi connectivity index (χ1v) is 32.5. The Kier molecular flexibility index (Phi) is 16.8. The van der Waals surface area contributed by atoms with Crippen LogP contribution in [0.1, 0.15) is 111 Å². The maximum absolute atomic E-state index is 17.3. The maximum Gasteiger partial charge on any atom is 0.392 e. The molecule has 6 unspecified atom stereocenters. The number of aliphatic imine (C=N–C) groups is 1. The standard InChI is InChI=1S/C62H64F6N8O8S2/c1-70-37-60(24-25-60)74-57(78)50-5-3-2-4-48(50)55-53(40-12-21-47(22-13-40)76-28-32-86(81,82)33-29-76)73-59(84-55)62(67,68)43-15-6-38(7-16-43)42-14-23-49(51(34-42)56(77)71-45(36-69)35-61(64,65)66)54-52(72-58(83-54)41-8-17-44(63)18-9-41)39-10-19-46(20-11-39)75-26-30-85(79,80)31-27-75/h6-13,15-22,37,42,45,48-51H,2-5,14,23-35H2,1H3,(H,71,77)(H,74,78). The number of hydrogen-bond donors (Lipinski definition) is 2. The average Bonchev–Trinajstić information content (AvgIpc) is 3.87. The summed E-state index contributed by atoms with van der Waals surface area (Å²) in [7, 11) is -4.69. The van der Waals surface area contributed by atoms with E-state index in [1.165, 1.54) is 48.5 Å². The highest BCUT2D eigenvalue weighted by atomic mass is 32.2. The van der Waals surface area contributed by atoms with Gasteiger partial charge in [0, 0.05) is 96.7 Å². The van der Waals surface area contributed by atoms with Crippen molar-refractivity contribution in [3.05, 3.63) is 131 Å². The second-order valence-corrected chi connectivity index (χ2v) is 27.9. The third-order valence-corrected chi connectivity index (χ3v) is 20.7. The van der Waals surface area contributed by atoms with E-state index in [4.69, 9.17) is 13.8 Å². The van der Waals surface area contributed by atoms with Gasteiger partial charge in [-0.05, 0) is 105 Å². The molecule has 0 spiro atoms. The fourth-order valence-electron chi connectivity index (χ4n) is 12.6. The van der Waals surface area contributed by atoms with Crippen LogP contribution in [0.5, 0.6) is 0 Å². The monoisotopic (exact) mass is 1230 g/mol. The first-order chi connectivity index (χ1) is 41.0. The number of alkyl halides is 5. The third-order valence-electron chi connectivity index (χ3n) is 17.5. The number of aromatic nitrogens is 2. The molecular weight excluding hydrogens is 1160 g/mol. The highest BCUT2D eigenvalue weighted by Crippen LogP contribution is 2.50. The Morgan fingerprint density at radius 3 is 1.79 bits per heavy atom. The lowest BCUT2D eigenvalue weighted by Gasteiger charge is -2.35. The predicted molar refractivity (Wildman–Crippen MR) is 311 cm³/mol. The Morgan fingerprint density at radius 1 is 0.709 bits per heavy atom. The largest absolute Gasteiger partial charge is 0.440 e. The quantitative estimate of drug-likeness (QED) is 0.0681. The van der Waals surface area contributed by atoms with E-state index in [0.717, 1.165) is 30.6 Å². The number of nitrogens with zero attached hydrogens (tertiary/aromatic N) is 6. The Balaban J connectivity index is 0.903. The van der Waals surface area contributed by atoms with Crippen LogP contribution in [0.2, 0.25) is 0 Å². The molecule has 11 rings (SSSR count). The Labute approximate surface area is 494 Å². The molecule has 2 amide bonds. The van der Waals surface area contributed by atoms with Crippen LogP contribution in [-0.4, -0.2) is 119 Å². The van der Waals surface area contributed by atoms with E-state index in [0.29, 0.717) is 66.7 Å². The van der Waals surface area contributed by atoms with Gasteiger partial charge in [0.1, 0.15) is 34.8 Å². The molecule has 2 saturated heterocycles. The molecule has 3 saturated carbocycles. The lowest BCUT2D eigenvalue weighted by Crippen LogP contribution is -2.44. The van der Waals surface area contributed by atoms with Crippen molar-refractivity contribution >= 4 is 49.1 Å². The SMILES string of the molecule is CN=CC1(NC(=O)C2CCCCC2c2oc(C(F)(F)c3ccc(C4CCC(c5oc(-c6ccc(F)cc6)nc5-c5ccc(N6CCS(=O)(=O)CC6)cc5)C(C(=O)NC(C#N)CC(F)(F)F)C4)cc3)nc2-c2ccc(N3CCS(=O)(=O)CC3)cc2)CC1. The lowest BCUT2D eigenvalue weighted by atomic mass is 9.70. The second-order valence-electron chi connectivity index (χ2n) is 23.3. The molecule has 5 aliphatic rings. The second kappa shape index (κ2) is 24.0. The zero-order chi connectivity index (χ0) is 60.8. The van der Waals surface area contributed by atoms with Crippen LogP contribution in [0.3, 0.4) is 0 Å². The zero-order valence-corrected chi connectivity index (χ0v) is 48.7. The van der Waals surface area contributed by atoms with Crippen LogP contribution in [0.4, 0.5) is 37.7 Å². The summed E-state index contributed by atoms with van der Waals surface area (Å²) in [5.74, 6) is -9.74. The summed E-state index contributed by atoms with van der Waals surface area (Å²) in [5.41, 5.74) is 2.80. The number of nitriles is 1. The number of nitrogens with one attached hydrogen (secondary N) is 2. The molecule has 6 atom stereocenters. The van der Waals surface area contributed by atoms with Gasteiger partial charge in [-0.25, -0.2) is 31.2 Å². The molecule has 0 bridgehead atoms. The number of carbonyl (C=O) groups is 2. The van der Waals surface area contributed by atoms with E-state index in [1.54, 1.807) is 67.9 Å². The molecule has 16 nitrogen and oxygen atoms in total. The van der Waals surface area contributed by atoms with E-state index in [2.05, 4.69) is 20.6 Å². The molecule has 2 aliphatic heterocycles. The summed E-state index contributed by atoms with van der Waals surface area (Å²) in [5, 5.41) is 15.3. The van der Waals surface area contributed by atoms with E-state index in [1.807, 2.05) is 9.80 Å². The van der Waals surface area contributed by atoms with E-state index in [9.17, 15) is 49.2 Å². The molecule has 454 valence electrons. The first-order valence-electron chi connectivity index (χ1n) is 28.9. The van der Waals surface area contributed by atoms with Gasteiger partial charge in [-0.2, -0.15) is 27.2 Å². The van der Waals surface area contributed by atoms with Gasteiger partial charge in [-0.1, -0.05) is 61.4 Å². The molecule has 4 heterocycles. The lowest BCUT2D eigenvalue weighted by molar-refractivity contribution is -0.141. The van der Waals surface area contributed by atoms with Gasteiger partial charge < -0.3 is 29.3 Å². The number of carbonyl (C=O) groups excluding carboxylic acids is 2. The van der Waals surface area contributed by atoms with Crippen LogP contribution in [0.25, 0.3) is 34.0 Å². The maximum atomic E-state index is 17.3. The predicted octanol–water partition coefficient (Wildman–Crippen LogP) is 10.7. The van der Waals surface area contributed by atoms with Crippen LogP contribution in [-0.2, 0) is 35.2 Å². The Bertz CT molecular complexity index is 3740. The smallest absolute Gasteiger partial charge is 0.392 e. The molecule has 86 heavy (non-hydrogen) atoms. The molecule has 0 radical (unpaired) electrons. The summed E-state index contributed by atoms with van der Waals surface area (Å²) in [6, 6.07) is 24.6. The van der Waals surface area contributed by atoms with Crippen molar-refractivity contribution in [2.75, 3.05) is 66.0 Å². The number of hydrogen-bond acceptors (Lipinski definition) is 14. The van der Waals surface area contributed by atoms with Crippen LogP contribution in [0, 0.1) is 29.0 Å². The van der Waals surface area contributed by atoms with Gasteiger partial charge in [-0.15, -0.1) is 0 Å². The molecular formula is C62H64F6N8O8S2. The number of benzene rings is 4. The molecule has 3 aliphatic carbocycles. The minimum absolute atomic E-state index is 0.00138. The van der Waals surface area contributed by atoms with Crippen molar-refractivity contribution in [3.63, 3.8) is 0 Å². The summed E-state index contributed by atoms with van der Waals surface area (Å²) >= 11 is 0. The molecule has 2 aromatic heterocycles. The van der Waals surface area contributed by atoms with Crippen LogP contribution < -0.4 is 20.4 Å². The normalized spacial score (nSPS) is 23.3. The van der Waals surface area contributed by atoms with Gasteiger partial charge in [0.2, 0.25) is 17.7 Å². The van der Waals surface area contributed by atoms with Crippen molar-refractivity contribution < 1.29 is 61.6 Å². The van der Waals surface area contributed by atoms with Crippen molar-refractivity contribution in [2.45, 2.75) is 106 Å². The average molecular weight is 1230 g/mol. The van der Waals surface area contributed by atoms with Gasteiger partial charge in [-0.3, -0.25) is 14.6 Å². The van der Waals surface area contributed by atoms with Gasteiger partial charge in [0.05, 0.1) is 41.0 Å². The van der Waals surface area contributed by atoms with E-state index >= 15 is 8.78 Å². The fourth-order valence-corrected chi connectivity index (χ4v) is 15.0. The number of amides is 2. The number of oxazole rings is 2.